The predicted molar refractivity (Wildman–Crippen MR) is 157 cm³/mol. The summed E-state index contributed by atoms with van der Waals surface area (Å²) in [5, 5.41) is 20.8. The van der Waals surface area contributed by atoms with Crippen molar-refractivity contribution in [3.63, 3.8) is 0 Å². The topological polar surface area (TPSA) is 104 Å². The van der Waals surface area contributed by atoms with E-state index >= 15 is 0 Å². The number of nitrogens with zero attached hydrogens (tertiary/aromatic N) is 3. The second kappa shape index (κ2) is 13.8. The highest BCUT2D eigenvalue weighted by Crippen LogP contribution is 2.37. The number of aromatic nitrogens is 3. The van der Waals surface area contributed by atoms with E-state index in [-0.39, 0.29) is 24.4 Å². The molecular weight excluding hydrogens is 530 g/mol. The maximum Gasteiger partial charge on any atom is 0.347 e. The Bertz CT molecular complexity index is 1360. The van der Waals surface area contributed by atoms with Crippen LogP contribution in [-0.2, 0) is 30.9 Å². The number of unbranched alkanes of at least 4 members (excludes halogenated alkanes) is 5. The molecule has 8 nitrogen and oxygen atoms in total. The fraction of sp³-hybridized carbons (Fsp3) is 0.484. The minimum absolute atomic E-state index is 0.0174. The maximum atomic E-state index is 13.1. The van der Waals surface area contributed by atoms with Gasteiger partial charge in [-0.15, -0.1) is 15.0 Å². The molecule has 0 aliphatic rings. The summed E-state index contributed by atoms with van der Waals surface area (Å²) in [5.41, 5.74) is 2.52. The molecule has 0 radical (unpaired) electrons. The van der Waals surface area contributed by atoms with Crippen molar-refractivity contribution in [3.8, 4) is 11.4 Å². The number of esters is 2. The van der Waals surface area contributed by atoms with Gasteiger partial charge in [0.05, 0.1) is 6.61 Å². The molecule has 1 atom stereocenters. The lowest BCUT2D eigenvalue weighted by molar-refractivity contribution is -0.165. The molecule has 1 heterocycles. The fourth-order valence-electron chi connectivity index (χ4n) is 4.28. The number of carbonyl (C=O) groups excluding carboxylic acids is 2. The van der Waals surface area contributed by atoms with Gasteiger partial charge in [-0.2, -0.15) is 0 Å². The third-order valence-corrected chi connectivity index (χ3v) is 6.77. The average molecular weight is 570 g/mol. The Hall–Kier alpha value is -3.39. The molecule has 0 saturated carbocycles. The second-order valence-electron chi connectivity index (χ2n) is 11.2. The van der Waals surface area contributed by atoms with Gasteiger partial charge in [0.1, 0.15) is 22.5 Å². The Morgan fingerprint density at radius 3 is 2.40 bits per heavy atom. The minimum Gasteiger partial charge on any atom is -0.505 e. The lowest BCUT2D eigenvalue weighted by atomic mass is 9.84. The molecule has 0 aliphatic carbocycles. The van der Waals surface area contributed by atoms with Gasteiger partial charge in [0.15, 0.2) is 0 Å². The van der Waals surface area contributed by atoms with Gasteiger partial charge in [-0.1, -0.05) is 84.0 Å². The van der Waals surface area contributed by atoms with Crippen molar-refractivity contribution in [3.05, 3.63) is 58.6 Å². The highest BCUT2D eigenvalue weighted by atomic mass is 35.5. The molecule has 3 rings (SSSR count). The molecule has 1 aromatic heterocycles. The summed E-state index contributed by atoms with van der Waals surface area (Å²) in [5.74, 6) is -1.27. The molecule has 0 fully saturated rings. The van der Waals surface area contributed by atoms with E-state index in [1.54, 1.807) is 24.3 Å². The first-order chi connectivity index (χ1) is 18.9. The van der Waals surface area contributed by atoms with Crippen LogP contribution >= 0.6 is 11.6 Å². The number of carbonyl (C=O) groups is 2. The van der Waals surface area contributed by atoms with Crippen LogP contribution in [0.15, 0.2) is 42.5 Å². The molecular formula is C31H40ClN3O5. The number of rotatable bonds is 13. The van der Waals surface area contributed by atoms with Crippen molar-refractivity contribution < 1.29 is 24.2 Å². The number of aromatic hydroxyl groups is 1. The number of hydrogen-bond donors (Lipinski definition) is 1. The molecule has 3 aromatic rings. The Balaban J connectivity index is 1.91. The van der Waals surface area contributed by atoms with E-state index in [2.05, 4.69) is 23.7 Å². The fourth-order valence-corrected chi connectivity index (χ4v) is 4.45. The van der Waals surface area contributed by atoms with Crippen molar-refractivity contribution in [1.29, 1.82) is 0 Å². The van der Waals surface area contributed by atoms with Crippen LogP contribution < -0.4 is 0 Å². The van der Waals surface area contributed by atoms with E-state index in [9.17, 15) is 14.7 Å². The maximum absolute atomic E-state index is 13.1. The third kappa shape index (κ3) is 8.31. The molecule has 216 valence electrons. The van der Waals surface area contributed by atoms with Crippen molar-refractivity contribution in [2.24, 2.45) is 0 Å². The van der Waals surface area contributed by atoms with Crippen LogP contribution in [0.5, 0.6) is 5.75 Å². The molecule has 0 spiro atoms. The third-order valence-electron chi connectivity index (χ3n) is 6.54. The zero-order valence-electron chi connectivity index (χ0n) is 24.1. The van der Waals surface area contributed by atoms with Gasteiger partial charge >= 0.3 is 11.9 Å². The van der Waals surface area contributed by atoms with Crippen LogP contribution in [0.4, 0.5) is 0 Å². The quantitative estimate of drug-likeness (QED) is 0.134. The monoisotopic (exact) mass is 569 g/mol. The van der Waals surface area contributed by atoms with Crippen LogP contribution in [0.3, 0.4) is 0 Å². The van der Waals surface area contributed by atoms with E-state index in [1.165, 1.54) is 24.6 Å². The van der Waals surface area contributed by atoms with Crippen LogP contribution in [-0.4, -0.2) is 44.7 Å². The number of phenols is 1. The first kappa shape index (κ1) is 31.1. The van der Waals surface area contributed by atoms with E-state index < -0.39 is 23.5 Å². The van der Waals surface area contributed by atoms with Crippen molar-refractivity contribution >= 4 is 34.6 Å². The summed E-state index contributed by atoms with van der Waals surface area (Å²) in [4.78, 5) is 26.8. The van der Waals surface area contributed by atoms with E-state index in [4.69, 9.17) is 21.1 Å². The van der Waals surface area contributed by atoms with Gasteiger partial charge in [-0.3, -0.25) is 0 Å². The van der Waals surface area contributed by atoms with Gasteiger partial charge in [-0.25, -0.2) is 9.59 Å². The van der Waals surface area contributed by atoms with Crippen LogP contribution in [0.25, 0.3) is 16.7 Å². The summed E-state index contributed by atoms with van der Waals surface area (Å²) in [6.07, 6.45) is 5.19. The largest absolute Gasteiger partial charge is 0.505 e. The standard InChI is InChI=1S/C31H40ClN3O5/c1-7-8-9-10-11-12-15-39-30(38)27(40-29(37)20(2)3)18-21-16-23(31(4,5)6)28(36)26(17-21)35-33-24-14-13-22(32)19-25(24)34-35/h13-14,16-17,19,27,36H,2,7-12,15,18H2,1,3-6H3. The number of ether oxygens (including phenoxy) is 2. The van der Waals surface area contributed by atoms with Crippen molar-refractivity contribution in [2.75, 3.05) is 6.61 Å². The van der Waals surface area contributed by atoms with Gasteiger partial charge in [0, 0.05) is 22.6 Å². The molecule has 0 aliphatic heterocycles. The molecule has 0 bridgehead atoms. The van der Waals surface area contributed by atoms with Crippen molar-refractivity contribution in [1.82, 2.24) is 15.0 Å². The number of benzene rings is 2. The zero-order valence-corrected chi connectivity index (χ0v) is 24.9. The van der Waals surface area contributed by atoms with E-state index in [0.717, 1.165) is 25.7 Å². The molecule has 9 heteroatoms. The van der Waals surface area contributed by atoms with E-state index in [0.29, 0.717) is 32.9 Å². The van der Waals surface area contributed by atoms with Gasteiger partial charge < -0.3 is 14.6 Å². The summed E-state index contributed by atoms with van der Waals surface area (Å²) in [6, 6.07) is 8.66. The van der Waals surface area contributed by atoms with Gasteiger partial charge in [-0.05, 0) is 48.6 Å². The average Bonchev–Trinajstić information content (AvgIpc) is 3.30. The number of fused-ring (bicyclic) bond motifs is 1. The first-order valence-electron chi connectivity index (χ1n) is 13.8. The zero-order chi connectivity index (χ0) is 29.4. The van der Waals surface area contributed by atoms with Crippen LogP contribution in [0, 0.1) is 0 Å². The summed E-state index contributed by atoms with van der Waals surface area (Å²) >= 11 is 6.12. The summed E-state index contributed by atoms with van der Waals surface area (Å²) < 4.78 is 11.0. The highest BCUT2D eigenvalue weighted by Gasteiger charge is 2.29. The number of hydrogen-bond acceptors (Lipinski definition) is 7. The van der Waals surface area contributed by atoms with Gasteiger partial charge in [0.2, 0.25) is 6.10 Å². The second-order valence-corrected chi connectivity index (χ2v) is 11.6. The van der Waals surface area contributed by atoms with E-state index in [1.807, 2.05) is 26.8 Å². The Kier molecular flexibility index (Phi) is 10.7. The predicted octanol–water partition coefficient (Wildman–Crippen LogP) is 7.01. The molecule has 1 unspecified atom stereocenters. The smallest absolute Gasteiger partial charge is 0.347 e. The summed E-state index contributed by atoms with van der Waals surface area (Å²) in [7, 11) is 0. The van der Waals surface area contributed by atoms with Gasteiger partial charge in [0.25, 0.3) is 0 Å². The first-order valence-corrected chi connectivity index (χ1v) is 14.2. The Labute approximate surface area is 241 Å². The number of phenolic OH excluding ortho intramolecular Hbond substituents is 1. The lowest BCUT2D eigenvalue weighted by Gasteiger charge is -2.24. The lowest BCUT2D eigenvalue weighted by Crippen LogP contribution is -2.32. The van der Waals surface area contributed by atoms with Crippen LogP contribution in [0.2, 0.25) is 5.02 Å². The van der Waals surface area contributed by atoms with Crippen molar-refractivity contribution in [2.45, 2.75) is 91.1 Å². The molecule has 0 saturated heterocycles. The Morgan fingerprint density at radius 1 is 1.05 bits per heavy atom. The molecule has 40 heavy (non-hydrogen) atoms. The molecule has 1 N–H and O–H groups in total. The Morgan fingerprint density at radius 2 is 1.73 bits per heavy atom. The minimum atomic E-state index is -1.18. The normalized spacial score (nSPS) is 12.3. The highest BCUT2D eigenvalue weighted by molar-refractivity contribution is 6.31. The molecule has 2 aromatic carbocycles. The SMILES string of the molecule is C=C(C)C(=O)OC(Cc1cc(-n2nc3ccc(Cl)cc3n2)c(O)c(C(C)(C)C)c1)C(=O)OCCCCCCCC. The number of halogens is 1. The summed E-state index contributed by atoms with van der Waals surface area (Å²) in [6.45, 7) is 13.5. The molecule has 0 amide bonds. The van der Waals surface area contributed by atoms with Crippen LogP contribution in [0.1, 0.15) is 84.3 Å².